The van der Waals surface area contributed by atoms with Crippen LogP contribution >= 0.6 is 15.9 Å². The van der Waals surface area contributed by atoms with E-state index in [0.717, 1.165) is 22.2 Å². The van der Waals surface area contributed by atoms with E-state index in [1.807, 2.05) is 12.1 Å². The highest BCUT2D eigenvalue weighted by molar-refractivity contribution is 9.10. The molecule has 0 atom stereocenters. The Balaban J connectivity index is 2.58. The van der Waals surface area contributed by atoms with Gasteiger partial charge in [0.15, 0.2) is 0 Å². The molecule has 1 nitrogen and oxygen atoms in total. The molecule has 1 aliphatic carbocycles. The molecule has 1 aliphatic rings. The molecule has 2 rings (SSSR count). The van der Waals surface area contributed by atoms with E-state index in [-0.39, 0.29) is 5.83 Å². The minimum Gasteiger partial charge on any atom is -0.496 e. The lowest BCUT2D eigenvalue weighted by atomic mass is 9.96. The molecule has 0 aromatic heterocycles. The van der Waals surface area contributed by atoms with Crippen LogP contribution in [-0.2, 0) is 6.42 Å². The van der Waals surface area contributed by atoms with Crippen LogP contribution in [0.25, 0.3) is 6.08 Å². The third kappa shape index (κ3) is 1.57. The van der Waals surface area contributed by atoms with Crippen LogP contribution in [0.4, 0.5) is 4.39 Å². The Kier molecular flexibility index (Phi) is 2.59. The number of rotatable bonds is 1. The predicted octanol–water partition coefficient (Wildman–Crippen LogP) is 3.71. The van der Waals surface area contributed by atoms with E-state index in [0.29, 0.717) is 6.42 Å². The van der Waals surface area contributed by atoms with E-state index < -0.39 is 0 Å². The molecule has 0 N–H and O–H groups in total. The van der Waals surface area contributed by atoms with E-state index in [1.165, 1.54) is 5.56 Å². The summed E-state index contributed by atoms with van der Waals surface area (Å²) in [6, 6.07) is 3.89. The van der Waals surface area contributed by atoms with Crippen LogP contribution in [0.2, 0.25) is 0 Å². The largest absolute Gasteiger partial charge is 0.496 e. The Hall–Kier alpha value is -0.830. The van der Waals surface area contributed by atoms with Gasteiger partial charge in [-0.2, -0.15) is 0 Å². The van der Waals surface area contributed by atoms with Crippen LogP contribution in [0, 0.1) is 0 Å². The molecule has 0 unspecified atom stereocenters. The summed E-state index contributed by atoms with van der Waals surface area (Å²) >= 11 is 3.42. The lowest BCUT2D eigenvalue weighted by Gasteiger charge is -2.15. The minimum absolute atomic E-state index is 0.0635. The molecular formula is C11H10BrFO. The molecule has 14 heavy (non-hydrogen) atoms. The Morgan fingerprint density at radius 1 is 1.36 bits per heavy atom. The first-order valence-electron chi connectivity index (χ1n) is 4.44. The van der Waals surface area contributed by atoms with E-state index >= 15 is 0 Å². The summed E-state index contributed by atoms with van der Waals surface area (Å²) in [7, 11) is 1.61. The monoisotopic (exact) mass is 256 g/mol. The topological polar surface area (TPSA) is 9.23 Å². The van der Waals surface area contributed by atoms with Crippen LogP contribution in [0.15, 0.2) is 22.4 Å². The van der Waals surface area contributed by atoms with Gasteiger partial charge >= 0.3 is 0 Å². The predicted molar refractivity (Wildman–Crippen MR) is 58.1 cm³/mol. The molecule has 0 saturated carbocycles. The lowest BCUT2D eigenvalue weighted by molar-refractivity contribution is 0.411. The first-order valence-corrected chi connectivity index (χ1v) is 5.23. The second-order valence-electron chi connectivity index (χ2n) is 3.25. The third-order valence-corrected chi connectivity index (χ3v) is 3.21. The zero-order valence-electron chi connectivity index (χ0n) is 7.81. The number of benzene rings is 1. The Morgan fingerprint density at radius 2 is 2.14 bits per heavy atom. The zero-order valence-corrected chi connectivity index (χ0v) is 9.40. The van der Waals surface area contributed by atoms with Crippen molar-refractivity contribution in [3.63, 3.8) is 0 Å². The maximum Gasteiger partial charge on any atom is 0.133 e. The van der Waals surface area contributed by atoms with Gasteiger partial charge in [-0.15, -0.1) is 0 Å². The van der Waals surface area contributed by atoms with Crippen molar-refractivity contribution in [2.45, 2.75) is 12.8 Å². The van der Waals surface area contributed by atoms with Crippen molar-refractivity contribution in [2.75, 3.05) is 7.11 Å². The maximum atomic E-state index is 13.1. The summed E-state index contributed by atoms with van der Waals surface area (Å²) in [5.74, 6) is 0.682. The lowest BCUT2D eigenvalue weighted by Crippen LogP contribution is -1.99. The van der Waals surface area contributed by atoms with Gasteiger partial charge in [-0.1, -0.05) is 6.07 Å². The fraction of sp³-hybridized carbons (Fsp3) is 0.273. The molecule has 0 saturated heterocycles. The van der Waals surface area contributed by atoms with Crippen molar-refractivity contribution < 1.29 is 9.13 Å². The molecule has 0 aliphatic heterocycles. The van der Waals surface area contributed by atoms with E-state index in [4.69, 9.17) is 4.74 Å². The van der Waals surface area contributed by atoms with Gasteiger partial charge < -0.3 is 4.74 Å². The SMILES string of the molecule is COc1ccc2c(c1Br)C=C(F)CC2. The van der Waals surface area contributed by atoms with Crippen LogP contribution in [-0.4, -0.2) is 7.11 Å². The standard InChI is InChI=1S/C11H10BrFO/c1-14-10-5-3-7-2-4-8(13)6-9(7)11(10)12/h3,5-6H,2,4H2,1H3. The van der Waals surface area contributed by atoms with Crippen molar-refractivity contribution in [1.29, 1.82) is 0 Å². The quantitative estimate of drug-likeness (QED) is 0.745. The van der Waals surface area contributed by atoms with Gasteiger partial charge in [-0.3, -0.25) is 0 Å². The number of hydrogen-bond donors (Lipinski definition) is 0. The summed E-state index contributed by atoms with van der Waals surface area (Å²) < 4.78 is 19.1. The van der Waals surface area contributed by atoms with Crippen molar-refractivity contribution in [2.24, 2.45) is 0 Å². The number of ether oxygens (including phenoxy) is 1. The molecule has 0 bridgehead atoms. The van der Waals surface area contributed by atoms with Gasteiger partial charge in [0, 0.05) is 6.42 Å². The highest BCUT2D eigenvalue weighted by atomic mass is 79.9. The molecule has 74 valence electrons. The second kappa shape index (κ2) is 3.73. The number of allylic oxidation sites excluding steroid dienone is 1. The molecule has 0 amide bonds. The summed E-state index contributed by atoms with van der Waals surface area (Å²) in [6.07, 6.45) is 2.84. The highest BCUT2D eigenvalue weighted by Crippen LogP contribution is 2.36. The third-order valence-electron chi connectivity index (χ3n) is 2.39. The van der Waals surface area contributed by atoms with Gasteiger partial charge in [0.05, 0.1) is 11.6 Å². The summed E-state index contributed by atoms with van der Waals surface area (Å²) in [6.45, 7) is 0. The van der Waals surface area contributed by atoms with E-state index in [9.17, 15) is 4.39 Å². The van der Waals surface area contributed by atoms with Crippen molar-refractivity contribution >= 4 is 22.0 Å². The molecule has 0 spiro atoms. The molecular weight excluding hydrogens is 247 g/mol. The number of halogens is 2. The maximum absolute atomic E-state index is 13.1. The fourth-order valence-corrected chi connectivity index (χ4v) is 2.29. The smallest absolute Gasteiger partial charge is 0.133 e. The van der Waals surface area contributed by atoms with Crippen LogP contribution in [0.5, 0.6) is 5.75 Å². The summed E-state index contributed by atoms with van der Waals surface area (Å²) in [5.41, 5.74) is 2.08. The van der Waals surface area contributed by atoms with Gasteiger partial charge in [0.2, 0.25) is 0 Å². The number of hydrogen-bond acceptors (Lipinski definition) is 1. The van der Waals surface area contributed by atoms with Crippen LogP contribution in [0.1, 0.15) is 17.5 Å². The molecule has 1 aromatic rings. The number of fused-ring (bicyclic) bond motifs is 1. The molecule has 3 heteroatoms. The van der Waals surface area contributed by atoms with Gasteiger partial charge in [-0.05, 0) is 45.6 Å². The van der Waals surface area contributed by atoms with Gasteiger partial charge in [0.25, 0.3) is 0 Å². The average Bonchev–Trinajstić information content (AvgIpc) is 2.20. The first-order chi connectivity index (χ1) is 6.72. The normalized spacial score (nSPS) is 14.6. The number of aryl methyl sites for hydroxylation is 1. The molecule has 0 radical (unpaired) electrons. The van der Waals surface area contributed by atoms with Crippen molar-refractivity contribution in [3.05, 3.63) is 33.6 Å². The molecule has 1 aromatic carbocycles. The molecule has 0 heterocycles. The van der Waals surface area contributed by atoms with Crippen LogP contribution in [0.3, 0.4) is 0 Å². The zero-order chi connectivity index (χ0) is 10.1. The van der Waals surface area contributed by atoms with Crippen molar-refractivity contribution in [1.82, 2.24) is 0 Å². The summed E-state index contributed by atoms with van der Waals surface area (Å²) in [5, 5.41) is 0. The van der Waals surface area contributed by atoms with Gasteiger partial charge in [0.1, 0.15) is 11.6 Å². The highest BCUT2D eigenvalue weighted by Gasteiger charge is 2.15. The Labute approximate surface area is 90.7 Å². The number of methoxy groups -OCH3 is 1. The van der Waals surface area contributed by atoms with Gasteiger partial charge in [-0.25, -0.2) is 4.39 Å². The second-order valence-corrected chi connectivity index (χ2v) is 4.04. The fourth-order valence-electron chi connectivity index (χ4n) is 1.63. The average molecular weight is 257 g/mol. The van der Waals surface area contributed by atoms with E-state index in [1.54, 1.807) is 13.2 Å². The summed E-state index contributed by atoms with van der Waals surface area (Å²) in [4.78, 5) is 0. The van der Waals surface area contributed by atoms with Crippen LogP contribution < -0.4 is 4.74 Å². The Bertz CT molecular complexity index is 399. The minimum atomic E-state index is -0.0635. The van der Waals surface area contributed by atoms with Crippen molar-refractivity contribution in [3.8, 4) is 5.75 Å². The van der Waals surface area contributed by atoms with E-state index in [2.05, 4.69) is 15.9 Å². The Morgan fingerprint density at radius 3 is 2.86 bits per heavy atom. The molecule has 0 fully saturated rings. The first kappa shape index (κ1) is 9.71.